The molecule has 0 saturated heterocycles. The summed E-state index contributed by atoms with van der Waals surface area (Å²) in [5.41, 5.74) is 2.61. The lowest BCUT2D eigenvalue weighted by atomic mass is 10.2. The molecular weight excluding hydrogens is 261 g/mol. The van der Waals surface area contributed by atoms with Gasteiger partial charge in [-0.15, -0.1) is 0 Å². The number of benzene rings is 1. The van der Waals surface area contributed by atoms with Crippen molar-refractivity contribution >= 4 is 5.82 Å². The number of hydrogen-bond donors (Lipinski definition) is 2. The van der Waals surface area contributed by atoms with Crippen molar-refractivity contribution in [3.63, 3.8) is 0 Å². The van der Waals surface area contributed by atoms with Gasteiger partial charge in [0.1, 0.15) is 11.6 Å². The van der Waals surface area contributed by atoms with Crippen molar-refractivity contribution in [1.82, 2.24) is 9.97 Å². The number of aryl methyl sites for hydroxylation is 1. The number of anilines is 1. The third-order valence-electron chi connectivity index (χ3n) is 2.49. The number of ether oxygens (including phenoxy) is 1. The second kappa shape index (κ2) is 5.95. The fourth-order valence-electron chi connectivity index (χ4n) is 1.52. The Balaban J connectivity index is 2.32. The average molecular weight is 273 g/mol. The number of hydrogen-bond acceptors (Lipinski definition) is 6. The van der Waals surface area contributed by atoms with Gasteiger partial charge in [-0.25, -0.2) is 15.2 Å². The Morgan fingerprint density at radius 3 is 2.80 bits per heavy atom. The van der Waals surface area contributed by atoms with Gasteiger partial charge in [0, 0.05) is 12.5 Å². The van der Waals surface area contributed by atoms with Crippen LogP contribution in [0.3, 0.4) is 0 Å². The van der Waals surface area contributed by atoms with Crippen molar-refractivity contribution in [3.05, 3.63) is 41.5 Å². The lowest BCUT2D eigenvalue weighted by Crippen LogP contribution is -2.10. The van der Waals surface area contributed by atoms with Crippen molar-refractivity contribution in [2.24, 2.45) is 5.84 Å². The number of hydrazine groups is 1. The van der Waals surface area contributed by atoms with Gasteiger partial charge >= 0.3 is 0 Å². The van der Waals surface area contributed by atoms with Crippen LogP contribution in [0, 0.1) is 17.1 Å². The van der Waals surface area contributed by atoms with E-state index < -0.39 is 5.82 Å². The number of nitriles is 1. The van der Waals surface area contributed by atoms with Crippen LogP contribution in [0.1, 0.15) is 18.3 Å². The summed E-state index contributed by atoms with van der Waals surface area (Å²) in [7, 11) is 0. The monoisotopic (exact) mass is 273 g/mol. The van der Waals surface area contributed by atoms with Gasteiger partial charge < -0.3 is 10.2 Å². The summed E-state index contributed by atoms with van der Waals surface area (Å²) in [6.45, 7) is 1.88. The highest BCUT2D eigenvalue weighted by atomic mass is 19.1. The van der Waals surface area contributed by atoms with Crippen molar-refractivity contribution < 1.29 is 9.13 Å². The largest absolute Gasteiger partial charge is 0.436 e. The maximum atomic E-state index is 13.7. The van der Waals surface area contributed by atoms with Crippen LogP contribution >= 0.6 is 0 Å². The molecule has 1 heterocycles. The summed E-state index contributed by atoms with van der Waals surface area (Å²) in [4.78, 5) is 8.22. The summed E-state index contributed by atoms with van der Waals surface area (Å²) in [5, 5.41) is 8.68. The zero-order valence-corrected chi connectivity index (χ0v) is 10.7. The molecule has 0 atom stereocenters. The van der Waals surface area contributed by atoms with Gasteiger partial charge in [0.2, 0.25) is 5.88 Å². The minimum Gasteiger partial charge on any atom is -0.436 e. The van der Waals surface area contributed by atoms with E-state index in [-0.39, 0.29) is 17.2 Å². The van der Waals surface area contributed by atoms with E-state index in [1.807, 2.05) is 13.0 Å². The third kappa shape index (κ3) is 2.99. The Labute approximate surface area is 115 Å². The Kier molecular flexibility index (Phi) is 4.08. The summed E-state index contributed by atoms with van der Waals surface area (Å²) in [6.07, 6.45) is 0.585. The van der Waals surface area contributed by atoms with Gasteiger partial charge in [0.25, 0.3) is 0 Å². The lowest BCUT2D eigenvalue weighted by molar-refractivity contribution is 0.425. The van der Waals surface area contributed by atoms with Crippen LogP contribution in [0.15, 0.2) is 24.3 Å². The van der Waals surface area contributed by atoms with E-state index in [9.17, 15) is 4.39 Å². The molecule has 102 valence electrons. The number of aromatic nitrogens is 2. The molecule has 0 aliphatic heterocycles. The van der Waals surface area contributed by atoms with E-state index in [2.05, 4.69) is 15.4 Å². The first kappa shape index (κ1) is 13.7. The first-order chi connectivity index (χ1) is 9.66. The molecule has 0 spiro atoms. The van der Waals surface area contributed by atoms with Crippen LogP contribution in [0.2, 0.25) is 0 Å². The van der Waals surface area contributed by atoms with E-state index in [1.54, 1.807) is 0 Å². The fourth-order valence-corrected chi connectivity index (χ4v) is 1.52. The predicted octanol–water partition coefficient (Wildman–Crippen LogP) is 2.13. The minimum atomic E-state index is -0.636. The molecule has 0 saturated carbocycles. The van der Waals surface area contributed by atoms with Crippen LogP contribution in [0.25, 0.3) is 0 Å². The van der Waals surface area contributed by atoms with Gasteiger partial charge in [-0.2, -0.15) is 10.2 Å². The molecule has 6 nitrogen and oxygen atoms in total. The van der Waals surface area contributed by atoms with Crippen molar-refractivity contribution in [3.8, 4) is 17.7 Å². The molecule has 3 N–H and O–H groups in total. The summed E-state index contributed by atoms with van der Waals surface area (Å²) < 4.78 is 19.1. The zero-order chi connectivity index (χ0) is 14.5. The summed E-state index contributed by atoms with van der Waals surface area (Å²) >= 11 is 0. The van der Waals surface area contributed by atoms with Gasteiger partial charge in [0.15, 0.2) is 11.6 Å². The molecule has 7 heteroatoms. The zero-order valence-electron chi connectivity index (χ0n) is 10.7. The maximum Gasteiger partial charge on any atom is 0.224 e. The van der Waals surface area contributed by atoms with Gasteiger partial charge in [-0.05, 0) is 18.2 Å². The minimum absolute atomic E-state index is 0.0206. The predicted molar refractivity (Wildman–Crippen MR) is 70.4 cm³/mol. The van der Waals surface area contributed by atoms with Crippen LogP contribution in [0.5, 0.6) is 11.6 Å². The Hall–Kier alpha value is -2.72. The topological polar surface area (TPSA) is 96.9 Å². The molecule has 2 aromatic rings. The third-order valence-corrected chi connectivity index (χ3v) is 2.49. The average Bonchev–Trinajstić information content (AvgIpc) is 2.48. The van der Waals surface area contributed by atoms with Crippen LogP contribution in [0.4, 0.5) is 10.2 Å². The standard InChI is InChI=1S/C13H12FN5O/c1-2-11-17-12(19-16)6-13(18-11)20-10-4-3-8(7-15)5-9(10)14/h3-6H,2,16H2,1H3,(H,17,18,19). The van der Waals surface area contributed by atoms with Crippen LogP contribution in [-0.4, -0.2) is 9.97 Å². The quantitative estimate of drug-likeness (QED) is 0.654. The van der Waals surface area contributed by atoms with Crippen molar-refractivity contribution in [2.75, 3.05) is 5.43 Å². The number of nitrogen functional groups attached to an aromatic ring is 1. The Bertz CT molecular complexity index is 646. The summed E-state index contributed by atoms with van der Waals surface area (Å²) in [5.74, 6) is 5.71. The van der Waals surface area contributed by atoms with Crippen molar-refractivity contribution in [2.45, 2.75) is 13.3 Å². The molecule has 0 aliphatic carbocycles. The van der Waals surface area contributed by atoms with E-state index in [0.717, 1.165) is 6.07 Å². The molecular formula is C13H12FN5O. The second-order valence-corrected chi connectivity index (χ2v) is 3.86. The second-order valence-electron chi connectivity index (χ2n) is 3.86. The Morgan fingerprint density at radius 2 is 2.20 bits per heavy atom. The number of halogens is 1. The van der Waals surface area contributed by atoms with Crippen LogP contribution in [-0.2, 0) is 6.42 Å². The molecule has 20 heavy (non-hydrogen) atoms. The first-order valence-electron chi connectivity index (χ1n) is 5.88. The SMILES string of the molecule is CCc1nc(NN)cc(Oc2ccc(C#N)cc2F)n1. The molecule has 0 amide bonds. The number of nitrogens with one attached hydrogen (secondary N) is 1. The number of rotatable bonds is 4. The van der Waals surface area contributed by atoms with E-state index in [0.29, 0.717) is 18.1 Å². The number of nitrogens with zero attached hydrogens (tertiary/aromatic N) is 3. The van der Waals surface area contributed by atoms with Gasteiger partial charge in [-0.1, -0.05) is 6.92 Å². The van der Waals surface area contributed by atoms with E-state index in [1.165, 1.54) is 18.2 Å². The molecule has 0 radical (unpaired) electrons. The van der Waals surface area contributed by atoms with E-state index in [4.69, 9.17) is 15.8 Å². The first-order valence-corrected chi connectivity index (χ1v) is 5.88. The molecule has 2 rings (SSSR count). The van der Waals surface area contributed by atoms with Gasteiger partial charge in [-0.3, -0.25) is 0 Å². The number of nitrogens with two attached hydrogens (primary N) is 1. The Morgan fingerprint density at radius 1 is 1.40 bits per heavy atom. The van der Waals surface area contributed by atoms with Crippen LogP contribution < -0.4 is 16.0 Å². The highest BCUT2D eigenvalue weighted by Crippen LogP contribution is 2.25. The van der Waals surface area contributed by atoms with Crippen molar-refractivity contribution in [1.29, 1.82) is 5.26 Å². The smallest absolute Gasteiger partial charge is 0.224 e. The highest BCUT2D eigenvalue weighted by molar-refractivity contribution is 5.41. The molecule has 0 aliphatic rings. The molecule has 0 unspecified atom stereocenters. The lowest BCUT2D eigenvalue weighted by Gasteiger charge is -2.09. The highest BCUT2D eigenvalue weighted by Gasteiger charge is 2.09. The van der Waals surface area contributed by atoms with Gasteiger partial charge in [0.05, 0.1) is 11.6 Å². The molecule has 0 fully saturated rings. The summed E-state index contributed by atoms with van der Waals surface area (Å²) in [6, 6.07) is 7.23. The maximum absolute atomic E-state index is 13.7. The fraction of sp³-hybridized carbons (Fsp3) is 0.154. The normalized spacial score (nSPS) is 9.90. The molecule has 1 aromatic heterocycles. The van der Waals surface area contributed by atoms with E-state index >= 15 is 0 Å². The molecule has 0 bridgehead atoms. The molecule has 1 aromatic carbocycles.